The van der Waals surface area contributed by atoms with Crippen LogP contribution in [0, 0.1) is 11.3 Å². The van der Waals surface area contributed by atoms with Crippen molar-refractivity contribution >= 4 is 5.69 Å². The minimum Gasteiger partial charge on any atom is -0.480 e. The van der Waals surface area contributed by atoms with Gasteiger partial charge >= 0.3 is 0 Å². The van der Waals surface area contributed by atoms with Crippen molar-refractivity contribution in [3.8, 4) is 5.88 Å². The number of nitrogens with one attached hydrogen (secondary N) is 1. The first-order valence-corrected chi connectivity index (χ1v) is 7.76. The molecule has 2 atom stereocenters. The molecule has 0 amide bonds. The van der Waals surface area contributed by atoms with Gasteiger partial charge in [0.05, 0.1) is 12.8 Å². The monoisotopic (exact) mass is 276 g/mol. The lowest BCUT2D eigenvalue weighted by Crippen LogP contribution is -2.22. The molecule has 1 aliphatic carbocycles. The highest BCUT2D eigenvalue weighted by Crippen LogP contribution is 2.37. The van der Waals surface area contributed by atoms with Crippen LogP contribution < -0.4 is 10.1 Å². The Morgan fingerprint density at radius 3 is 2.70 bits per heavy atom. The second-order valence-corrected chi connectivity index (χ2v) is 6.97. The summed E-state index contributed by atoms with van der Waals surface area (Å²) in [6.45, 7) is 7.11. The number of anilines is 1. The van der Waals surface area contributed by atoms with E-state index >= 15 is 0 Å². The summed E-state index contributed by atoms with van der Waals surface area (Å²) in [5, 5.41) is 3.62. The third-order valence-corrected chi connectivity index (χ3v) is 4.52. The van der Waals surface area contributed by atoms with Gasteiger partial charge in [0.15, 0.2) is 0 Å². The summed E-state index contributed by atoms with van der Waals surface area (Å²) in [7, 11) is 1.68. The second kappa shape index (κ2) is 6.47. The molecule has 2 unspecified atom stereocenters. The number of aromatic nitrogens is 1. The molecule has 1 aliphatic rings. The third-order valence-electron chi connectivity index (χ3n) is 4.52. The minimum absolute atomic E-state index is 0.431. The van der Waals surface area contributed by atoms with Crippen LogP contribution in [0.3, 0.4) is 0 Å². The van der Waals surface area contributed by atoms with Crippen LogP contribution in [0.5, 0.6) is 5.88 Å². The van der Waals surface area contributed by atoms with Crippen LogP contribution in [-0.4, -0.2) is 18.1 Å². The van der Waals surface area contributed by atoms with Gasteiger partial charge in [-0.1, -0.05) is 27.2 Å². The van der Waals surface area contributed by atoms with Gasteiger partial charge in [-0.15, -0.1) is 0 Å². The molecule has 3 nitrogen and oxygen atoms in total. The largest absolute Gasteiger partial charge is 0.480 e. The Balaban J connectivity index is 1.97. The fourth-order valence-electron chi connectivity index (χ4n) is 3.20. The number of pyridine rings is 1. The zero-order valence-electron chi connectivity index (χ0n) is 13.3. The van der Waals surface area contributed by atoms with Crippen molar-refractivity contribution in [2.24, 2.45) is 11.3 Å². The van der Waals surface area contributed by atoms with E-state index in [-0.39, 0.29) is 0 Å². The fourth-order valence-corrected chi connectivity index (χ4v) is 3.20. The van der Waals surface area contributed by atoms with E-state index in [1.807, 2.05) is 6.07 Å². The molecule has 112 valence electrons. The van der Waals surface area contributed by atoms with Crippen LogP contribution in [0.15, 0.2) is 18.3 Å². The highest BCUT2D eigenvalue weighted by atomic mass is 16.5. The number of rotatable bonds is 3. The Labute approximate surface area is 123 Å². The normalized spacial score (nSPS) is 24.0. The smallest absolute Gasteiger partial charge is 0.237 e. The number of ether oxygens (including phenoxy) is 1. The molecular formula is C17H28N2O. The van der Waals surface area contributed by atoms with Crippen molar-refractivity contribution < 1.29 is 4.74 Å². The van der Waals surface area contributed by atoms with Crippen LogP contribution in [0.1, 0.15) is 52.9 Å². The summed E-state index contributed by atoms with van der Waals surface area (Å²) in [4.78, 5) is 4.26. The van der Waals surface area contributed by atoms with Crippen molar-refractivity contribution in [2.75, 3.05) is 12.4 Å². The molecule has 0 saturated heterocycles. The zero-order chi connectivity index (χ0) is 14.6. The topological polar surface area (TPSA) is 34.1 Å². The molecule has 1 N–H and O–H groups in total. The van der Waals surface area contributed by atoms with E-state index < -0.39 is 0 Å². The number of hydrogen-bond donors (Lipinski definition) is 1. The molecule has 0 aromatic carbocycles. The predicted molar refractivity (Wildman–Crippen MR) is 84.2 cm³/mol. The maximum Gasteiger partial charge on any atom is 0.237 e. The third kappa shape index (κ3) is 3.87. The van der Waals surface area contributed by atoms with Crippen molar-refractivity contribution in [3.05, 3.63) is 18.3 Å². The van der Waals surface area contributed by atoms with E-state index in [2.05, 4.69) is 37.1 Å². The molecule has 1 fully saturated rings. The molecule has 0 bridgehead atoms. The minimum atomic E-state index is 0.431. The summed E-state index contributed by atoms with van der Waals surface area (Å²) < 4.78 is 5.32. The molecule has 20 heavy (non-hydrogen) atoms. The molecule has 0 radical (unpaired) electrons. The molecule has 1 heterocycles. The first kappa shape index (κ1) is 15.1. The van der Waals surface area contributed by atoms with Crippen molar-refractivity contribution in [3.63, 3.8) is 0 Å². The first-order valence-electron chi connectivity index (χ1n) is 7.76. The number of methoxy groups -OCH3 is 1. The molecule has 2 rings (SSSR count). The maximum absolute atomic E-state index is 5.32. The van der Waals surface area contributed by atoms with E-state index in [4.69, 9.17) is 4.74 Å². The SMILES string of the molecule is COc1ncccc1NC1CCCC(C(C)(C)C)CC1. The standard InChI is InChI=1S/C17H28N2O/c1-17(2,3)13-7-5-8-14(11-10-13)19-15-9-6-12-18-16(15)20-4/h6,9,12-14,19H,5,7-8,10-11H2,1-4H3. The molecular weight excluding hydrogens is 248 g/mol. The van der Waals surface area contributed by atoms with Gasteiger partial charge in [-0.25, -0.2) is 4.98 Å². The molecule has 0 spiro atoms. The Kier molecular flexibility index (Phi) is 4.90. The van der Waals surface area contributed by atoms with Gasteiger partial charge in [0.1, 0.15) is 0 Å². The number of nitrogens with zero attached hydrogens (tertiary/aromatic N) is 1. The van der Waals surface area contributed by atoms with Crippen molar-refractivity contribution in [1.29, 1.82) is 0 Å². The van der Waals surface area contributed by atoms with Crippen LogP contribution in [0.4, 0.5) is 5.69 Å². The van der Waals surface area contributed by atoms with E-state index in [0.29, 0.717) is 17.3 Å². The lowest BCUT2D eigenvalue weighted by molar-refractivity contribution is 0.214. The van der Waals surface area contributed by atoms with Crippen LogP contribution in [0.25, 0.3) is 0 Å². The van der Waals surface area contributed by atoms with Crippen molar-refractivity contribution in [2.45, 2.75) is 58.9 Å². The zero-order valence-corrected chi connectivity index (χ0v) is 13.3. The van der Waals surface area contributed by atoms with Gasteiger partial charge in [0.25, 0.3) is 0 Å². The average molecular weight is 276 g/mol. The summed E-state index contributed by atoms with van der Waals surface area (Å²) in [6.07, 6.45) is 8.22. The number of hydrogen-bond acceptors (Lipinski definition) is 3. The van der Waals surface area contributed by atoms with Gasteiger partial charge < -0.3 is 10.1 Å². The predicted octanol–water partition coefficient (Wildman–Crippen LogP) is 4.50. The summed E-state index contributed by atoms with van der Waals surface area (Å²) in [6, 6.07) is 4.55. The summed E-state index contributed by atoms with van der Waals surface area (Å²) >= 11 is 0. The molecule has 1 aromatic heterocycles. The Hall–Kier alpha value is -1.25. The van der Waals surface area contributed by atoms with Crippen LogP contribution >= 0.6 is 0 Å². The van der Waals surface area contributed by atoms with Gasteiger partial charge in [0.2, 0.25) is 5.88 Å². The molecule has 3 heteroatoms. The van der Waals surface area contributed by atoms with Gasteiger partial charge in [-0.05, 0) is 49.1 Å². The first-order chi connectivity index (χ1) is 9.50. The van der Waals surface area contributed by atoms with Gasteiger partial charge in [-0.2, -0.15) is 0 Å². The Bertz CT molecular complexity index is 425. The van der Waals surface area contributed by atoms with Gasteiger partial charge in [0, 0.05) is 12.2 Å². The van der Waals surface area contributed by atoms with E-state index in [9.17, 15) is 0 Å². The molecule has 1 saturated carbocycles. The highest BCUT2D eigenvalue weighted by molar-refractivity contribution is 5.52. The lowest BCUT2D eigenvalue weighted by atomic mass is 9.76. The average Bonchev–Trinajstić information content (AvgIpc) is 2.64. The fraction of sp³-hybridized carbons (Fsp3) is 0.706. The van der Waals surface area contributed by atoms with Gasteiger partial charge in [-0.3, -0.25) is 0 Å². The van der Waals surface area contributed by atoms with E-state index in [0.717, 1.165) is 11.6 Å². The van der Waals surface area contributed by atoms with Crippen LogP contribution in [0.2, 0.25) is 0 Å². The summed E-state index contributed by atoms with van der Waals surface area (Å²) in [5.74, 6) is 1.54. The molecule has 1 aromatic rings. The second-order valence-electron chi connectivity index (χ2n) is 6.97. The van der Waals surface area contributed by atoms with E-state index in [1.54, 1.807) is 13.3 Å². The van der Waals surface area contributed by atoms with Crippen molar-refractivity contribution in [1.82, 2.24) is 4.98 Å². The quantitative estimate of drug-likeness (QED) is 0.825. The Morgan fingerprint density at radius 2 is 2.00 bits per heavy atom. The van der Waals surface area contributed by atoms with Crippen LogP contribution in [-0.2, 0) is 0 Å². The summed E-state index contributed by atoms with van der Waals surface area (Å²) in [5.41, 5.74) is 1.45. The highest BCUT2D eigenvalue weighted by Gasteiger charge is 2.27. The molecule has 0 aliphatic heterocycles. The Morgan fingerprint density at radius 1 is 1.20 bits per heavy atom. The maximum atomic E-state index is 5.32. The lowest BCUT2D eigenvalue weighted by Gasteiger charge is -2.29. The van der Waals surface area contributed by atoms with E-state index in [1.165, 1.54) is 32.1 Å².